The number of carbonyl (C=O) groups is 2. The number of likely N-dealkylation sites (tertiary alicyclic amines) is 1. The van der Waals surface area contributed by atoms with E-state index >= 15 is 0 Å². The molecule has 6 nitrogen and oxygen atoms in total. The van der Waals surface area contributed by atoms with Crippen molar-refractivity contribution in [3.63, 3.8) is 0 Å². The van der Waals surface area contributed by atoms with Crippen molar-refractivity contribution in [2.24, 2.45) is 5.73 Å². The second kappa shape index (κ2) is 7.59. The predicted octanol–water partition coefficient (Wildman–Crippen LogP) is 0.487. The molecule has 1 amide bonds. The topological polar surface area (TPSA) is 75.9 Å². The summed E-state index contributed by atoms with van der Waals surface area (Å²) in [5.74, 6) is -3.77. The van der Waals surface area contributed by atoms with Crippen LogP contribution in [0.4, 0.5) is 13.2 Å². The summed E-state index contributed by atoms with van der Waals surface area (Å²) in [4.78, 5) is 26.3. The molecule has 0 unspecified atom stereocenters. The molecule has 0 aliphatic carbocycles. The van der Waals surface area contributed by atoms with E-state index in [4.69, 9.17) is 5.73 Å². The van der Waals surface area contributed by atoms with Crippen molar-refractivity contribution in [2.45, 2.75) is 25.1 Å². The fourth-order valence-electron chi connectivity index (χ4n) is 2.09. The molecule has 0 saturated carbocycles. The molecule has 0 aromatic carbocycles. The van der Waals surface area contributed by atoms with Crippen LogP contribution in [0.2, 0.25) is 0 Å². The maximum atomic E-state index is 12.3. The van der Waals surface area contributed by atoms with E-state index in [0.29, 0.717) is 19.4 Å². The Hall–Kier alpha value is -1.61. The van der Waals surface area contributed by atoms with Gasteiger partial charge < -0.3 is 20.3 Å². The van der Waals surface area contributed by atoms with Gasteiger partial charge in [-0.3, -0.25) is 4.79 Å². The SMILES string of the molecule is CN(C)C/C=C(/OC(=O)C(F)(F)F)C(=O)N1CCC[C@@H]1CN. The summed E-state index contributed by atoms with van der Waals surface area (Å²) in [6.45, 7) is 0.747. The minimum Gasteiger partial charge on any atom is -0.414 e. The molecule has 22 heavy (non-hydrogen) atoms. The Morgan fingerprint density at radius 2 is 2.05 bits per heavy atom. The minimum absolute atomic E-state index is 0.160. The summed E-state index contributed by atoms with van der Waals surface area (Å²) < 4.78 is 41.3. The van der Waals surface area contributed by atoms with Crippen molar-refractivity contribution in [2.75, 3.05) is 33.7 Å². The molecule has 0 radical (unpaired) electrons. The lowest BCUT2D eigenvalue weighted by Gasteiger charge is -2.24. The second-order valence-electron chi connectivity index (χ2n) is 5.25. The zero-order valence-corrected chi connectivity index (χ0v) is 12.5. The Morgan fingerprint density at radius 3 is 2.55 bits per heavy atom. The maximum Gasteiger partial charge on any atom is 0.491 e. The molecule has 1 aliphatic heterocycles. The monoisotopic (exact) mass is 323 g/mol. The van der Waals surface area contributed by atoms with Gasteiger partial charge in [0.25, 0.3) is 5.91 Å². The summed E-state index contributed by atoms with van der Waals surface area (Å²) in [5.41, 5.74) is 5.55. The zero-order valence-electron chi connectivity index (χ0n) is 12.5. The van der Waals surface area contributed by atoms with Gasteiger partial charge in [0.15, 0.2) is 5.76 Å². The molecule has 1 heterocycles. The van der Waals surface area contributed by atoms with Gasteiger partial charge in [-0.2, -0.15) is 13.2 Å². The normalized spacial score (nSPS) is 19.7. The number of nitrogens with zero attached hydrogens (tertiary/aromatic N) is 2. The van der Waals surface area contributed by atoms with E-state index in [1.165, 1.54) is 4.90 Å². The van der Waals surface area contributed by atoms with E-state index in [9.17, 15) is 22.8 Å². The molecule has 0 bridgehead atoms. The highest BCUT2D eigenvalue weighted by atomic mass is 19.4. The van der Waals surface area contributed by atoms with Gasteiger partial charge in [0.05, 0.1) is 0 Å². The van der Waals surface area contributed by atoms with E-state index in [2.05, 4.69) is 4.74 Å². The fourth-order valence-corrected chi connectivity index (χ4v) is 2.09. The van der Waals surface area contributed by atoms with Gasteiger partial charge in [-0.1, -0.05) is 0 Å². The predicted molar refractivity (Wildman–Crippen MR) is 72.6 cm³/mol. The fraction of sp³-hybridized carbons (Fsp3) is 0.692. The van der Waals surface area contributed by atoms with Crippen LogP contribution in [0.1, 0.15) is 12.8 Å². The van der Waals surface area contributed by atoms with Crippen LogP contribution in [0.5, 0.6) is 0 Å². The van der Waals surface area contributed by atoms with Crippen molar-refractivity contribution >= 4 is 11.9 Å². The van der Waals surface area contributed by atoms with Gasteiger partial charge in [-0.25, -0.2) is 4.79 Å². The number of hydrogen-bond donors (Lipinski definition) is 1. The molecule has 1 aliphatic rings. The van der Waals surface area contributed by atoms with E-state index in [1.54, 1.807) is 19.0 Å². The number of esters is 1. The van der Waals surface area contributed by atoms with E-state index in [1.807, 2.05) is 0 Å². The highest BCUT2D eigenvalue weighted by Gasteiger charge is 2.43. The number of hydrogen-bond acceptors (Lipinski definition) is 5. The first-order chi connectivity index (χ1) is 10.2. The summed E-state index contributed by atoms with van der Waals surface area (Å²) in [7, 11) is 3.34. The van der Waals surface area contributed by atoms with Gasteiger partial charge in [-0.15, -0.1) is 0 Å². The van der Waals surface area contributed by atoms with Crippen LogP contribution in [0.25, 0.3) is 0 Å². The number of alkyl halides is 3. The van der Waals surface area contributed by atoms with E-state index in [-0.39, 0.29) is 19.1 Å². The number of amides is 1. The Morgan fingerprint density at radius 1 is 1.41 bits per heavy atom. The summed E-state index contributed by atoms with van der Waals surface area (Å²) in [6, 6.07) is -0.250. The van der Waals surface area contributed by atoms with Crippen LogP contribution < -0.4 is 5.73 Å². The molecule has 1 saturated heterocycles. The third-order valence-corrected chi connectivity index (χ3v) is 3.20. The molecular formula is C13H20F3N3O3. The summed E-state index contributed by atoms with van der Waals surface area (Å²) in [5, 5.41) is 0. The quantitative estimate of drug-likeness (QED) is 0.453. The zero-order chi connectivity index (χ0) is 16.9. The van der Waals surface area contributed by atoms with E-state index < -0.39 is 23.8 Å². The number of ether oxygens (including phenoxy) is 1. The third-order valence-electron chi connectivity index (χ3n) is 3.20. The van der Waals surface area contributed by atoms with Crippen molar-refractivity contribution in [1.82, 2.24) is 9.80 Å². The third kappa shape index (κ3) is 4.99. The Balaban J connectivity index is 2.92. The molecule has 126 valence electrons. The summed E-state index contributed by atoms with van der Waals surface area (Å²) in [6.07, 6.45) is -2.61. The molecule has 1 rings (SSSR count). The molecule has 2 N–H and O–H groups in total. The van der Waals surface area contributed by atoms with Crippen molar-refractivity contribution < 1.29 is 27.5 Å². The Bertz CT molecular complexity index is 450. The first-order valence-corrected chi connectivity index (χ1v) is 6.81. The lowest BCUT2D eigenvalue weighted by molar-refractivity contribution is -0.196. The van der Waals surface area contributed by atoms with Crippen LogP contribution in [0.3, 0.4) is 0 Å². The molecule has 0 spiro atoms. The first kappa shape index (κ1) is 18.4. The molecule has 1 fully saturated rings. The van der Waals surface area contributed by atoms with Crippen LogP contribution in [0.15, 0.2) is 11.8 Å². The maximum absolute atomic E-state index is 12.3. The van der Waals surface area contributed by atoms with Gasteiger partial charge in [-0.05, 0) is 33.0 Å². The minimum atomic E-state index is -5.16. The second-order valence-corrected chi connectivity index (χ2v) is 5.25. The molecule has 9 heteroatoms. The molecule has 0 aromatic heterocycles. The number of rotatable bonds is 5. The average Bonchev–Trinajstić information content (AvgIpc) is 2.89. The number of carbonyl (C=O) groups excluding carboxylic acids is 2. The van der Waals surface area contributed by atoms with Crippen molar-refractivity contribution in [3.8, 4) is 0 Å². The lowest BCUT2D eigenvalue weighted by Crippen LogP contribution is -2.42. The van der Waals surface area contributed by atoms with E-state index in [0.717, 1.165) is 6.08 Å². The lowest BCUT2D eigenvalue weighted by atomic mass is 10.2. The average molecular weight is 323 g/mol. The van der Waals surface area contributed by atoms with Crippen molar-refractivity contribution in [3.05, 3.63) is 11.8 Å². The van der Waals surface area contributed by atoms with Crippen molar-refractivity contribution in [1.29, 1.82) is 0 Å². The summed E-state index contributed by atoms with van der Waals surface area (Å²) >= 11 is 0. The van der Waals surface area contributed by atoms with Crippen LogP contribution >= 0.6 is 0 Å². The van der Waals surface area contributed by atoms with Crippen LogP contribution in [-0.4, -0.2) is 67.6 Å². The highest BCUT2D eigenvalue weighted by molar-refractivity contribution is 5.95. The molecular weight excluding hydrogens is 303 g/mol. The molecule has 1 atom stereocenters. The van der Waals surface area contributed by atoms with Gasteiger partial charge in [0, 0.05) is 25.7 Å². The highest BCUT2D eigenvalue weighted by Crippen LogP contribution is 2.22. The standard InChI is InChI=1S/C13H20F3N3O3/c1-18(2)7-5-10(22-12(21)13(14,15)16)11(20)19-6-3-4-9(19)8-17/h5,9H,3-4,6-8,17H2,1-2H3/b10-5+/t9-/m1/s1. The van der Waals surface area contributed by atoms with Gasteiger partial charge in [0.2, 0.25) is 0 Å². The van der Waals surface area contributed by atoms with Gasteiger partial charge in [0.1, 0.15) is 0 Å². The number of nitrogens with two attached hydrogens (primary N) is 1. The van der Waals surface area contributed by atoms with Gasteiger partial charge >= 0.3 is 12.1 Å². The number of likely N-dealkylation sites (N-methyl/N-ethyl adjacent to an activating group) is 1. The first-order valence-electron chi connectivity index (χ1n) is 6.81. The smallest absolute Gasteiger partial charge is 0.414 e. The van der Waals surface area contributed by atoms with Crippen LogP contribution in [0, 0.1) is 0 Å². The van der Waals surface area contributed by atoms with Crippen LogP contribution in [-0.2, 0) is 14.3 Å². The Kier molecular flexibility index (Phi) is 6.36. The number of halogens is 3. The molecule has 0 aromatic rings. The largest absolute Gasteiger partial charge is 0.491 e. The Labute approximate surface area is 126 Å².